The maximum Gasteiger partial charge on any atom is 0.238 e. The molecule has 0 saturated carbocycles. The topological polar surface area (TPSA) is 57.3 Å². The van der Waals surface area contributed by atoms with E-state index in [1.807, 2.05) is 13.8 Å². The highest BCUT2D eigenvalue weighted by atomic mass is 19.1. The van der Waals surface area contributed by atoms with Crippen LogP contribution in [0.15, 0.2) is 18.3 Å². The molecule has 1 saturated heterocycles. The first kappa shape index (κ1) is 14.9. The molecule has 2 unspecified atom stereocenters. The Hall–Kier alpha value is -1.53. The molecule has 0 spiro atoms. The Bertz CT molecular complexity index is 451. The first-order chi connectivity index (χ1) is 9.63. The van der Waals surface area contributed by atoms with E-state index >= 15 is 0 Å². The minimum absolute atomic E-state index is 0.0219. The summed E-state index contributed by atoms with van der Waals surface area (Å²) in [7, 11) is 0. The number of likely N-dealkylation sites (N-methyl/N-ethyl adjacent to an activating group) is 1. The van der Waals surface area contributed by atoms with Crippen molar-refractivity contribution >= 4 is 5.91 Å². The fraction of sp³-hybridized carbons (Fsp3) is 0.571. The number of nitrogens with zero attached hydrogens (tertiary/aromatic N) is 2. The van der Waals surface area contributed by atoms with Crippen LogP contribution in [0, 0.1) is 5.82 Å². The van der Waals surface area contributed by atoms with Gasteiger partial charge in [0.2, 0.25) is 5.91 Å². The van der Waals surface area contributed by atoms with Gasteiger partial charge >= 0.3 is 0 Å². The van der Waals surface area contributed by atoms with E-state index in [1.165, 1.54) is 12.3 Å². The van der Waals surface area contributed by atoms with Crippen molar-refractivity contribution in [2.24, 2.45) is 0 Å². The molecule has 110 valence electrons. The first-order valence-corrected chi connectivity index (χ1v) is 6.99. The van der Waals surface area contributed by atoms with Crippen molar-refractivity contribution in [1.82, 2.24) is 20.5 Å². The molecule has 0 aromatic carbocycles. The summed E-state index contributed by atoms with van der Waals surface area (Å²) in [6.07, 6.45) is 1.22. The molecule has 0 aliphatic carbocycles. The van der Waals surface area contributed by atoms with Crippen LogP contribution in [0.1, 0.15) is 25.6 Å². The number of pyridine rings is 1. The van der Waals surface area contributed by atoms with Crippen LogP contribution in [-0.2, 0) is 4.79 Å². The zero-order valence-electron chi connectivity index (χ0n) is 11.9. The molecule has 1 aliphatic heterocycles. The number of carbonyl (C=O) groups excluding carboxylic acids is 1. The number of hydrogen-bond acceptors (Lipinski definition) is 4. The van der Waals surface area contributed by atoms with Crippen molar-refractivity contribution in [2.45, 2.75) is 25.9 Å². The molecule has 1 aromatic rings. The van der Waals surface area contributed by atoms with Crippen molar-refractivity contribution in [3.63, 3.8) is 0 Å². The summed E-state index contributed by atoms with van der Waals surface area (Å²) < 4.78 is 12.9. The zero-order valence-corrected chi connectivity index (χ0v) is 11.9. The third kappa shape index (κ3) is 3.32. The molecule has 1 fully saturated rings. The largest absolute Gasteiger partial charge is 0.355 e. The Morgan fingerprint density at radius 1 is 1.65 bits per heavy atom. The number of halogens is 1. The minimum atomic E-state index is -0.346. The number of piperazine rings is 1. The molecule has 0 radical (unpaired) electrons. The highest BCUT2D eigenvalue weighted by Crippen LogP contribution is 2.22. The van der Waals surface area contributed by atoms with E-state index < -0.39 is 0 Å². The number of nitrogens with one attached hydrogen (secondary N) is 2. The molecule has 2 atom stereocenters. The summed E-state index contributed by atoms with van der Waals surface area (Å²) in [5.74, 6) is -0.324. The predicted octanol–water partition coefficient (Wildman–Crippen LogP) is 0.692. The summed E-state index contributed by atoms with van der Waals surface area (Å²) in [6.45, 7) is 6.74. The molecule has 6 heteroatoms. The van der Waals surface area contributed by atoms with Crippen molar-refractivity contribution in [3.8, 4) is 0 Å². The van der Waals surface area contributed by atoms with Gasteiger partial charge in [-0.2, -0.15) is 0 Å². The van der Waals surface area contributed by atoms with Crippen LogP contribution in [0.4, 0.5) is 4.39 Å². The van der Waals surface area contributed by atoms with Crippen LogP contribution in [0.25, 0.3) is 0 Å². The SMILES string of the molecule is CCNC(=O)C1CNCCN1C(C)c1ccc(F)cn1. The lowest BCUT2D eigenvalue weighted by Gasteiger charge is -2.38. The van der Waals surface area contributed by atoms with Gasteiger partial charge < -0.3 is 10.6 Å². The summed E-state index contributed by atoms with van der Waals surface area (Å²) in [6, 6.07) is 2.84. The maximum atomic E-state index is 12.9. The van der Waals surface area contributed by atoms with Crippen molar-refractivity contribution < 1.29 is 9.18 Å². The van der Waals surface area contributed by atoms with Crippen LogP contribution < -0.4 is 10.6 Å². The van der Waals surface area contributed by atoms with Crippen LogP contribution in [0.5, 0.6) is 0 Å². The second kappa shape index (κ2) is 6.76. The van der Waals surface area contributed by atoms with Gasteiger partial charge in [-0.3, -0.25) is 14.7 Å². The van der Waals surface area contributed by atoms with E-state index in [9.17, 15) is 9.18 Å². The number of hydrogen-bond donors (Lipinski definition) is 2. The van der Waals surface area contributed by atoms with Gasteiger partial charge in [-0.25, -0.2) is 4.39 Å². The average Bonchev–Trinajstić information content (AvgIpc) is 2.47. The summed E-state index contributed by atoms with van der Waals surface area (Å²) >= 11 is 0. The first-order valence-electron chi connectivity index (χ1n) is 6.99. The lowest BCUT2D eigenvalue weighted by molar-refractivity contribution is -0.128. The Labute approximate surface area is 118 Å². The van der Waals surface area contributed by atoms with Gasteiger partial charge in [-0.15, -0.1) is 0 Å². The lowest BCUT2D eigenvalue weighted by atomic mass is 10.1. The molecule has 2 heterocycles. The molecule has 5 nitrogen and oxygen atoms in total. The monoisotopic (exact) mass is 280 g/mol. The Balaban J connectivity index is 2.14. The van der Waals surface area contributed by atoms with Crippen molar-refractivity contribution in [3.05, 3.63) is 29.8 Å². The Morgan fingerprint density at radius 3 is 3.10 bits per heavy atom. The van der Waals surface area contributed by atoms with Gasteiger partial charge in [0.05, 0.1) is 17.9 Å². The van der Waals surface area contributed by atoms with Crippen LogP contribution in [0.2, 0.25) is 0 Å². The quantitative estimate of drug-likeness (QED) is 0.852. The predicted molar refractivity (Wildman–Crippen MR) is 74.7 cm³/mol. The fourth-order valence-electron chi connectivity index (χ4n) is 2.52. The van der Waals surface area contributed by atoms with Gasteiger partial charge in [0.25, 0.3) is 0 Å². The standard InChI is InChI=1S/C14H21FN4O/c1-3-17-14(20)13-9-16-6-7-19(13)10(2)12-5-4-11(15)8-18-12/h4-5,8,10,13,16H,3,6-7,9H2,1-2H3,(H,17,20). The van der Waals surface area contributed by atoms with E-state index in [0.717, 1.165) is 18.8 Å². The minimum Gasteiger partial charge on any atom is -0.355 e. The van der Waals surface area contributed by atoms with Crippen LogP contribution >= 0.6 is 0 Å². The molecule has 2 N–H and O–H groups in total. The molecular weight excluding hydrogens is 259 g/mol. The van der Waals surface area contributed by atoms with Crippen molar-refractivity contribution in [2.75, 3.05) is 26.2 Å². The highest BCUT2D eigenvalue weighted by Gasteiger charge is 2.32. The second-order valence-electron chi connectivity index (χ2n) is 4.93. The van der Waals surface area contributed by atoms with Gasteiger partial charge in [-0.1, -0.05) is 0 Å². The zero-order chi connectivity index (χ0) is 14.5. The average molecular weight is 280 g/mol. The van der Waals surface area contributed by atoms with Gasteiger partial charge in [0, 0.05) is 26.2 Å². The molecule has 2 rings (SSSR count). The van der Waals surface area contributed by atoms with E-state index in [2.05, 4.69) is 20.5 Å². The molecule has 0 bridgehead atoms. The van der Waals surface area contributed by atoms with Crippen LogP contribution in [-0.4, -0.2) is 48.0 Å². The Morgan fingerprint density at radius 2 is 2.45 bits per heavy atom. The summed E-state index contributed by atoms with van der Waals surface area (Å²) in [4.78, 5) is 18.4. The van der Waals surface area contributed by atoms with Crippen molar-refractivity contribution in [1.29, 1.82) is 0 Å². The molecule has 1 amide bonds. The van der Waals surface area contributed by atoms with E-state index in [4.69, 9.17) is 0 Å². The number of amides is 1. The van der Waals surface area contributed by atoms with Gasteiger partial charge in [-0.05, 0) is 26.0 Å². The van der Waals surface area contributed by atoms with Gasteiger partial charge in [0.1, 0.15) is 11.9 Å². The van der Waals surface area contributed by atoms with E-state index in [-0.39, 0.29) is 23.8 Å². The fourth-order valence-corrected chi connectivity index (χ4v) is 2.52. The van der Waals surface area contributed by atoms with E-state index in [1.54, 1.807) is 6.07 Å². The van der Waals surface area contributed by atoms with E-state index in [0.29, 0.717) is 13.1 Å². The number of rotatable bonds is 4. The Kier molecular flexibility index (Phi) is 5.03. The van der Waals surface area contributed by atoms with Crippen LogP contribution in [0.3, 0.4) is 0 Å². The smallest absolute Gasteiger partial charge is 0.238 e. The summed E-state index contributed by atoms with van der Waals surface area (Å²) in [5, 5.41) is 6.10. The number of carbonyl (C=O) groups is 1. The maximum absolute atomic E-state index is 12.9. The third-order valence-corrected chi connectivity index (χ3v) is 3.61. The summed E-state index contributed by atoms with van der Waals surface area (Å²) in [5.41, 5.74) is 0.780. The van der Waals surface area contributed by atoms with Gasteiger partial charge in [0.15, 0.2) is 0 Å². The molecule has 20 heavy (non-hydrogen) atoms. The normalized spacial score (nSPS) is 21.4. The molecule has 1 aromatic heterocycles. The lowest BCUT2D eigenvalue weighted by Crippen LogP contribution is -2.58. The molecular formula is C14H21FN4O. The number of aromatic nitrogens is 1. The second-order valence-corrected chi connectivity index (χ2v) is 4.93. The molecule has 1 aliphatic rings. The highest BCUT2D eigenvalue weighted by molar-refractivity contribution is 5.82. The third-order valence-electron chi connectivity index (χ3n) is 3.61.